The molecule has 1 aliphatic heterocycles. The Morgan fingerprint density at radius 2 is 1.83 bits per heavy atom. The number of carbonyl (C=O) groups excluding carboxylic acids is 1. The number of rotatable bonds is 4. The van der Waals surface area contributed by atoms with E-state index in [4.69, 9.17) is 9.47 Å². The first-order valence-corrected chi connectivity index (χ1v) is 8.45. The van der Waals surface area contributed by atoms with Crippen molar-refractivity contribution in [2.45, 2.75) is 37.6 Å². The van der Waals surface area contributed by atoms with Gasteiger partial charge in [0.15, 0.2) is 11.5 Å². The minimum absolute atomic E-state index is 0.0758. The molecule has 1 N–H and O–H groups in total. The fourth-order valence-corrected chi connectivity index (χ4v) is 3.53. The van der Waals surface area contributed by atoms with E-state index in [1.165, 1.54) is 0 Å². The predicted molar refractivity (Wildman–Crippen MR) is 91.1 cm³/mol. The summed E-state index contributed by atoms with van der Waals surface area (Å²) in [5, 5.41) is 3.19. The number of hydrogen-bond acceptors (Lipinski definition) is 3. The molecule has 1 amide bonds. The molecule has 0 aromatic heterocycles. The van der Waals surface area contributed by atoms with E-state index < -0.39 is 0 Å². The lowest BCUT2D eigenvalue weighted by atomic mass is 9.63. The molecule has 2 aromatic rings. The van der Waals surface area contributed by atoms with E-state index in [0.717, 1.165) is 41.9 Å². The molecule has 1 aliphatic carbocycles. The van der Waals surface area contributed by atoms with Crippen LogP contribution in [-0.4, -0.2) is 12.7 Å². The van der Waals surface area contributed by atoms with Crippen LogP contribution in [0.15, 0.2) is 48.5 Å². The molecule has 2 aromatic carbocycles. The second-order valence-corrected chi connectivity index (χ2v) is 6.61. The van der Waals surface area contributed by atoms with Gasteiger partial charge in [0.2, 0.25) is 12.7 Å². The fraction of sp³-hybridized carbons (Fsp3) is 0.350. The maximum atomic E-state index is 13.0. The third-order valence-electron chi connectivity index (χ3n) is 5.21. The van der Waals surface area contributed by atoms with Gasteiger partial charge in [-0.05, 0) is 43.0 Å². The van der Waals surface area contributed by atoms with E-state index in [0.29, 0.717) is 0 Å². The quantitative estimate of drug-likeness (QED) is 0.933. The predicted octanol–water partition coefficient (Wildman–Crippen LogP) is 3.71. The molecule has 1 heterocycles. The smallest absolute Gasteiger partial charge is 0.231 e. The first kappa shape index (κ1) is 15.1. The van der Waals surface area contributed by atoms with Crippen molar-refractivity contribution in [2.75, 3.05) is 6.79 Å². The Morgan fingerprint density at radius 1 is 1.08 bits per heavy atom. The number of hydrogen-bond donors (Lipinski definition) is 1. The maximum Gasteiger partial charge on any atom is 0.231 e. The summed E-state index contributed by atoms with van der Waals surface area (Å²) in [6.07, 6.45) is 2.92. The summed E-state index contributed by atoms with van der Waals surface area (Å²) in [5.41, 5.74) is 1.77. The lowest BCUT2D eigenvalue weighted by molar-refractivity contribution is -0.130. The Morgan fingerprint density at radius 3 is 2.54 bits per heavy atom. The molecule has 2 aliphatic rings. The summed E-state index contributed by atoms with van der Waals surface area (Å²) in [6.45, 7) is 2.27. The van der Waals surface area contributed by atoms with Gasteiger partial charge in [-0.15, -0.1) is 0 Å². The maximum absolute atomic E-state index is 13.0. The van der Waals surface area contributed by atoms with Crippen LogP contribution in [0.4, 0.5) is 0 Å². The van der Waals surface area contributed by atoms with Gasteiger partial charge in [0.05, 0.1) is 11.5 Å². The van der Waals surface area contributed by atoms with Crippen molar-refractivity contribution in [3.8, 4) is 11.5 Å². The monoisotopic (exact) mass is 323 g/mol. The number of amides is 1. The van der Waals surface area contributed by atoms with E-state index >= 15 is 0 Å². The molecule has 4 heteroatoms. The molecule has 0 saturated heterocycles. The van der Waals surface area contributed by atoms with E-state index in [9.17, 15) is 4.79 Å². The molecule has 1 atom stereocenters. The van der Waals surface area contributed by atoms with Crippen molar-refractivity contribution in [2.24, 2.45) is 0 Å². The Balaban J connectivity index is 1.53. The molecule has 4 nitrogen and oxygen atoms in total. The molecule has 124 valence electrons. The molecule has 0 bridgehead atoms. The SMILES string of the molecule is CC(NC(=O)C1(c2ccccc2)CCC1)c1ccc2c(c1)OCO2. The molecule has 0 spiro atoms. The van der Waals surface area contributed by atoms with Gasteiger partial charge in [-0.25, -0.2) is 0 Å². The zero-order valence-corrected chi connectivity index (χ0v) is 13.7. The van der Waals surface area contributed by atoms with Gasteiger partial charge in [-0.3, -0.25) is 4.79 Å². The zero-order chi connectivity index (χ0) is 16.6. The Kier molecular flexibility index (Phi) is 3.68. The van der Waals surface area contributed by atoms with Gasteiger partial charge >= 0.3 is 0 Å². The second kappa shape index (κ2) is 5.86. The molecular weight excluding hydrogens is 302 g/mol. The number of nitrogens with one attached hydrogen (secondary N) is 1. The van der Waals surface area contributed by atoms with Gasteiger partial charge in [0, 0.05) is 0 Å². The van der Waals surface area contributed by atoms with Crippen LogP contribution in [0, 0.1) is 0 Å². The lowest BCUT2D eigenvalue weighted by Crippen LogP contribution is -2.49. The Bertz CT molecular complexity index is 753. The molecule has 1 fully saturated rings. The van der Waals surface area contributed by atoms with Crippen molar-refractivity contribution in [1.82, 2.24) is 5.32 Å². The van der Waals surface area contributed by atoms with Crippen molar-refractivity contribution in [3.05, 3.63) is 59.7 Å². The van der Waals surface area contributed by atoms with Crippen molar-refractivity contribution < 1.29 is 14.3 Å². The van der Waals surface area contributed by atoms with Crippen LogP contribution >= 0.6 is 0 Å². The molecule has 1 unspecified atom stereocenters. The van der Waals surface area contributed by atoms with Crippen LogP contribution in [0.5, 0.6) is 11.5 Å². The normalized spacial score (nSPS) is 18.5. The van der Waals surface area contributed by atoms with E-state index in [1.807, 2.05) is 43.3 Å². The summed E-state index contributed by atoms with van der Waals surface area (Å²) >= 11 is 0. The van der Waals surface area contributed by atoms with Crippen LogP contribution in [0.2, 0.25) is 0 Å². The third-order valence-corrected chi connectivity index (χ3v) is 5.21. The molecule has 0 radical (unpaired) electrons. The van der Waals surface area contributed by atoms with Crippen LogP contribution in [-0.2, 0) is 10.2 Å². The summed E-state index contributed by atoms with van der Waals surface area (Å²) < 4.78 is 10.8. The Labute approximate surface area is 141 Å². The van der Waals surface area contributed by atoms with Crippen molar-refractivity contribution in [1.29, 1.82) is 0 Å². The van der Waals surface area contributed by atoms with E-state index in [-0.39, 0.29) is 24.2 Å². The van der Waals surface area contributed by atoms with E-state index in [2.05, 4.69) is 17.4 Å². The third kappa shape index (κ3) is 2.42. The second-order valence-electron chi connectivity index (χ2n) is 6.61. The number of carbonyl (C=O) groups is 1. The minimum atomic E-state index is -0.369. The average molecular weight is 323 g/mol. The zero-order valence-electron chi connectivity index (χ0n) is 13.7. The summed E-state index contributed by atoms with van der Waals surface area (Å²) in [4.78, 5) is 13.0. The number of benzene rings is 2. The van der Waals surface area contributed by atoms with Gasteiger partial charge < -0.3 is 14.8 Å². The summed E-state index contributed by atoms with van der Waals surface area (Å²) in [7, 11) is 0. The van der Waals surface area contributed by atoms with Crippen molar-refractivity contribution >= 4 is 5.91 Å². The first-order chi connectivity index (χ1) is 11.7. The minimum Gasteiger partial charge on any atom is -0.454 e. The summed E-state index contributed by atoms with van der Waals surface area (Å²) in [6, 6.07) is 15.9. The topological polar surface area (TPSA) is 47.6 Å². The Hall–Kier alpha value is -2.49. The fourth-order valence-electron chi connectivity index (χ4n) is 3.53. The number of ether oxygens (including phenoxy) is 2. The highest BCUT2D eigenvalue weighted by molar-refractivity contribution is 5.89. The van der Waals surface area contributed by atoms with Gasteiger partial charge in [-0.1, -0.05) is 42.8 Å². The van der Waals surface area contributed by atoms with Gasteiger partial charge in [-0.2, -0.15) is 0 Å². The van der Waals surface area contributed by atoms with Crippen LogP contribution in [0.1, 0.15) is 43.4 Å². The highest BCUT2D eigenvalue weighted by Gasteiger charge is 2.45. The average Bonchev–Trinajstić information content (AvgIpc) is 3.02. The van der Waals surface area contributed by atoms with E-state index in [1.54, 1.807) is 0 Å². The van der Waals surface area contributed by atoms with Crippen LogP contribution in [0.3, 0.4) is 0 Å². The van der Waals surface area contributed by atoms with Crippen LogP contribution < -0.4 is 14.8 Å². The molecule has 4 rings (SSSR count). The lowest BCUT2D eigenvalue weighted by Gasteiger charge is -2.41. The largest absolute Gasteiger partial charge is 0.454 e. The highest BCUT2D eigenvalue weighted by Crippen LogP contribution is 2.44. The molecular formula is C20H21NO3. The molecule has 1 saturated carbocycles. The van der Waals surface area contributed by atoms with Gasteiger partial charge in [0.25, 0.3) is 0 Å². The van der Waals surface area contributed by atoms with Gasteiger partial charge in [0.1, 0.15) is 0 Å². The van der Waals surface area contributed by atoms with Crippen LogP contribution in [0.25, 0.3) is 0 Å². The standard InChI is InChI=1S/C20H21NO3/c1-14(15-8-9-17-18(12-15)24-13-23-17)21-19(22)20(10-5-11-20)16-6-3-2-4-7-16/h2-4,6-9,12,14H,5,10-11,13H2,1H3,(H,21,22). The summed E-state index contributed by atoms with van der Waals surface area (Å²) in [5.74, 6) is 1.62. The molecule has 24 heavy (non-hydrogen) atoms. The first-order valence-electron chi connectivity index (χ1n) is 8.45. The number of fused-ring (bicyclic) bond motifs is 1. The highest BCUT2D eigenvalue weighted by atomic mass is 16.7. The van der Waals surface area contributed by atoms with Crippen molar-refractivity contribution in [3.63, 3.8) is 0 Å².